The predicted molar refractivity (Wildman–Crippen MR) is 73.1 cm³/mol. The van der Waals surface area contributed by atoms with Crippen LogP contribution in [-0.2, 0) is 11.3 Å². The molecular weight excluding hydrogens is 244 g/mol. The summed E-state index contributed by atoms with van der Waals surface area (Å²) in [4.78, 5) is 10.6. The second-order valence-corrected chi connectivity index (χ2v) is 5.34. The summed E-state index contributed by atoms with van der Waals surface area (Å²) in [5.74, 6) is 0. The van der Waals surface area contributed by atoms with Gasteiger partial charge in [-0.3, -0.25) is 10.1 Å². The second kappa shape index (κ2) is 5.67. The summed E-state index contributed by atoms with van der Waals surface area (Å²) in [6, 6.07) is 5.13. The van der Waals surface area contributed by atoms with Gasteiger partial charge >= 0.3 is 0 Å². The molecule has 1 aromatic rings. The molecule has 1 N–H and O–H groups in total. The van der Waals surface area contributed by atoms with E-state index in [1.165, 1.54) is 6.07 Å². The van der Waals surface area contributed by atoms with Gasteiger partial charge in [-0.15, -0.1) is 0 Å². The van der Waals surface area contributed by atoms with Gasteiger partial charge in [0, 0.05) is 18.2 Å². The molecular formula is C14H20N2O3. The van der Waals surface area contributed by atoms with Gasteiger partial charge in [-0.2, -0.15) is 0 Å². The Bertz CT molecular complexity index is 468. The Morgan fingerprint density at radius 2 is 2.32 bits per heavy atom. The van der Waals surface area contributed by atoms with Crippen molar-refractivity contribution in [3.05, 3.63) is 39.4 Å². The average Bonchev–Trinajstić information content (AvgIpc) is 2.38. The van der Waals surface area contributed by atoms with Gasteiger partial charge in [-0.1, -0.05) is 12.1 Å². The Hall–Kier alpha value is -1.46. The smallest absolute Gasteiger partial charge is 0.272 e. The molecule has 5 nitrogen and oxygen atoms in total. The highest BCUT2D eigenvalue weighted by molar-refractivity contribution is 5.44. The van der Waals surface area contributed by atoms with Crippen molar-refractivity contribution in [3.8, 4) is 0 Å². The summed E-state index contributed by atoms with van der Waals surface area (Å²) in [5.41, 5.74) is 1.57. The quantitative estimate of drug-likeness (QED) is 0.670. The van der Waals surface area contributed by atoms with Crippen LogP contribution in [0.1, 0.15) is 30.9 Å². The van der Waals surface area contributed by atoms with E-state index in [2.05, 4.69) is 12.2 Å². The molecule has 19 heavy (non-hydrogen) atoms. The third-order valence-corrected chi connectivity index (χ3v) is 3.75. The van der Waals surface area contributed by atoms with Crippen LogP contribution in [0.25, 0.3) is 0 Å². The molecule has 0 aliphatic carbocycles. The molecule has 1 heterocycles. The standard InChI is InChI=1S/C14H20N2O3/c1-11-12(5-3-6-13(11)16(17)18)9-19-14(2)7-4-8-15-10-14/h3,5-6,15H,4,7-10H2,1-2H3. The summed E-state index contributed by atoms with van der Waals surface area (Å²) in [6.07, 6.45) is 2.12. The van der Waals surface area contributed by atoms with E-state index in [0.717, 1.165) is 31.5 Å². The van der Waals surface area contributed by atoms with E-state index in [1.54, 1.807) is 13.0 Å². The predicted octanol–water partition coefficient (Wildman–Crippen LogP) is 2.56. The SMILES string of the molecule is Cc1c(COC2(C)CCCNC2)cccc1[N+](=O)[O-]. The maximum Gasteiger partial charge on any atom is 0.272 e. The van der Waals surface area contributed by atoms with Crippen LogP contribution in [0.5, 0.6) is 0 Å². The van der Waals surface area contributed by atoms with Crippen LogP contribution in [-0.4, -0.2) is 23.6 Å². The first kappa shape index (κ1) is 14.0. The van der Waals surface area contributed by atoms with Crippen LogP contribution in [0.2, 0.25) is 0 Å². The number of benzene rings is 1. The van der Waals surface area contributed by atoms with Gasteiger partial charge in [-0.05, 0) is 38.8 Å². The molecule has 1 atom stereocenters. The molecule has 0 amide bonds. The highest BCUT2D eigenvalue weighted by Crippen LogP contribution is 2.25. The number of hydrogen-bond acceptors (Lipinski definition) is 4. The van der Waals surface area contributed by atoms with Crippen LogP contribution in [0.4, 0.5) is 5.69 Å². The highest BCUT2D eigenvalue weighted by Gasteiger charge is 2.27. The Morgan fingerprint density at radius 3 is 2.95 bits per heavy atom. The first-order valence-corrected chi connectivity index (χ1v) is 6.59. The minimum absolute atomic E-state index is 0.160. The topological polar surface area (TPSA) is 64.4 Å². The maximum absolute atomic E-state index is 10.9. The maximum atomic E-state index is 10.9. The van der Waals surface area contributed by atoms with E-state index in [4.69, 9.17) is 4.74 Å². The number of nitro groups is 1. The van der Waals surface area contributed by atoms with E-state index in [0.29, 0.717) is 12.2 Å². The summed E-state index contributed by atoms with van der Waals surface area (Å²) < 4.78 is 5.99. The molecule has 0 radical (unpaired) electrons. The third kappa shape index (κ3) is 3.30. The number of nitro benzene ring substituents is 1. The zero-order valence-corrected chi connectivity index (χ0v) is 11.4. The van der Waals surface area contributed by atoms with Crippen molar-refractivity contribution >= 4 is 5.69 Å². The van der Waals surface area contributed by atoms with E-state index < -0.39 is 0 Å². The summed E-state index contributed by atoms with van der Waals surface area (Å²) in [6.45, 7) is 6.16. The van der Waals surface area contributed by atoms with Gasteiger partial charge < -0.3 is 10.1 Å². The molecule has 1 aromatic carbocycles. The Morgan fingerprint density at radius 1 is 1.53 bits per heavy atom. The molecule has 1 saturated heterocycles. The van der Waals surface area contributed by atoms with Crippen molar-refractivity contribution in [1.29, 1.82) is 0 Å². The number of rotatable bonds is 4. The van der Waals surface area contributed by atoms with Crippen molar-refractivity contribution < 1.29 is 9.66 Å². The van der Waals surface area contributed by atoms with Gasteiger partial charge in [0.05, 0.1) is 17.1 Å². The monoisotopic (exact) mass is 264 g/mol. The van der Waals surface area contributed by atoms with E-state index in [9.17, 15) is 10.1 Å². The van der Waals surface area contributed by atoms with Crippen LogP contribution in [0.15, 0.2) is 18.2 Å². The minimum atomic E-state index is -0.345. The fourth-order valence-corrected chi connectivity index (χ4v) is 2.43. The van der Waals surface area contributed by atoms with Crippen LogP contribution in [0.3, 0.4) is 0 Å². The summed E-state index contributed by atoms with van der Waals surface area (Å²) in [7, 11) is 0. The lowest BCUT2D eigenvalue weighted by Gasteiger charge is -2.34. The highest BCUT2D eigenvalue weighted by atomic mass is 16.6. The fraction of sp³-hybridized carbons (Fsp3) is 0.571. The first-order valence-electron chi connectivity index (χ1n) is 6.59. The lowest BCUT2D eigenvalue weighted by atomic mass is 9.96. The lowest BCUT2D eigenvalue weighted by molar-refractivity contribution is -0.385. The molecule has 104 valence electrons. The van der Waals surface area contributed by atoms with Gasteiger partial charge in [0.2, 0.25) is 0 Å². The second-order valence-electron chi connectivity index (χ2n) is 5.34. The van der Waals surface area contributed by atoms with Gasteiger partial charge in [-0.25, -0.2) is 0 Å². The Kier molecular flexibility index (Phi) is 4.17. The largest absolute Gasteiger partial charge is 0.369 e. The van der Waals surface area contributed by atoms with Crippen LogP contribution in [0, 0.1) is 17.0 Å². The molecule has 0 bridgehead atoms. The fourth-order valence-electron chi connectivity index (χ4n) is 2.43. The average molecular weight is 264 g/mol. The zero-order chi connectivity index (χ0) is 13.9. The molecule has 1 aliphatic heterocycles. The van der Waals surface area contributed by atoms with E-state index in [-0.39, 0.29) is 16.2 Å². The number of nitrogens with zero attached hydrogens (tertiary/aromatic N) is 1. The number of piperidine rings is 1. The Labute approximate surface area is 113 Å². The molecule has 1 aliphatic rings. The molecule has 0 spiro atoms. The molecule has 0 aromatic heterocycles. The summed E-state index contributed by atoms with van der Waals surface area (Å²) >= 11 is 0. The van der Waals surface area contributed by atoms with E-state index in [1.807, 2.05) is 6.07 Å². The van der Waals surface area contributed by atoms with Crippen LogP contribution < -0.4 is 5.32 Å². The number of ether oxygens (including phenoxy) is 1. The Balaban J connectivity index is 2.07. The molecule has 1 unspecified atom stereocenters. The minimum Gasteiger partial charge on any atom is -0.369 e. The third-order valence-electron chi connectivity index (χ3n) is 3.75. The number of hydrogen-bond donors (Lipinski definition) is 1. The van der Waals surface area contributed by atoms with Crippen molar-refractivity contribution in [2.45, 2.75) is 38.9 Å². The lowest BCUT2D eigenvalue weighted by Crippen LogP contribution is -2.45. The van der Waals surface area contributed by atoms with Crippen molar-refractivity contribution in [1.82, 2.24) is 5.32 Å². The molecule has 5 heteroatoms. The molecule has 1 fully saturated rings. The van der Waals surface area contributed by atoms with Gasteiger partial charge in [0.15, 0.2) is 0 Å². The van der Waals surface area contributed by atoms with Gasteiger partial charge in [0.1, 0.15) is 0 Å². The van der Waals surface area contributed by atoms with Crippen LogP contribution >= 0.6 is 0 Å². The molecule has 0 saturated carbocycles. The normalized spacial score (nSPS) is 23.3. The molecule has 2 rings (SSSR count). The number of nitrogens with one attached hydrogen (secondary N) is 1. The van der Waals surface area contributed by atoms with Crippen molar-refractivity contribution in [3.63, 3.8) is 0 Å². The van der Waals surface area contributed by atoms with E-state index >= 15 is 0 Å². The van der Waals surface area contributed by atoms with Gasteiger partial charge in [0.25, 0.3) is 5.69 Å². The zero-order valence-electron chi connectivity index (χ0n) is 11.4. The first-order chi connectivity index (χ1) is 9.02. The van der Waals surface area contributed by atoms with Crippen molar-refractivity contribution in [2.75, 3.05) is 13.1 Å². The summed E-state index contributed by atoms with van der Waals surface area (Å²) in [5, 5.41) is 14.2. The van der Waals surface area contributed by atoms with Crippen molar-refractivity contribution in [2.24, 2.45) is 0 Å².